The van der Waals surface area contributed by atoms with Crippen molar-refractivity contribution in [1.29, 1.82) is 0 Å². The number of likely N-dealkylation sites (N-methyl/N-ethyl adjacent to an activating group) is 1. The van der Waals surface area contributed by atoms with Crippen LogP contribution in [0.15, 0.2) is 122 Å². The van der Waals surface area contributed by atoms with Crippen LogP contribution >= 0.6 is 0 Å². The standard InChI is InChI=1S/C54H85NO7/c1-6-8-10-12-14-16-18-20-22-24-25-26-27-28-29-31-32-34-36-38-40-42-44-52(56)61-49-50(48-60-47-46-51(54(58)59)55(3,4)5)62-53(57)45-43-41-39-37-35-33-30-23-21-19-17-15-13-11-9-7-2/h8-11,14-17,20-23,25-26,28-29,33,35,39,41,50-51H,6-7,12-13,18-19,24,27,30-32,34,36-38,40,42-49H2,1-5H3/b10-8+,11-9+,16-14+,17-15+,22-20+,23-21+,26-25+,29-28+,35-33+,41-39+. The highest BCUT2D eigenvalue weighted by molar-refractivity contribution is 5.70. The van der Waals surface area contributed by atoms with E-state index in [0.717, 1.165) is 96.3 Å². The minimum Gasteiger partial charge on any atom is -0.544 e. The predicted molar refractivity (Wildman–Crippen MR) is 258 cm³/mol. The molecule has 0 aromatic rings. The van der Waals surface area contributed by atoms with E-state index in [-0.39, 0.29) is 43.1 Å². The average Bonchev–Trinajstić information content (AvgIpc) is 3.23. The van der Waals surface area contributed by atoms with Gasteiger partial charge in [-0.3, -0.25) is 9.59 Å². The van der Waals surface area contributed by atoms with Gasteiger partial charge in [0.2, 0.25) is 0 Å². The lowest BCUT2D eigenvalue weighted by Gasteiger charge is -2.34. The third-order valence-electron chi connectivity index (χ3n) is 9.61. The normalized spacial score (nSPS) is 14.0. The molecule has 0 bridgehead atoms. The lowest BCUT2D eigenvalue weighted by molar-refractivity contribution is -0.889. The Morgan fingerprint density at radius 2 is 0.887 bits per heavy atom. The molecule has 0 spiro atoms. The molecule has 0 aliphatic heterocycles. The largest absolute Gasteiger partial charge is 0.544 e. The highest BCUT2D eigenvalue weighted by Crippen LogP contribution is 2.12. The molecule has 62 heavy (non-hydrogen) atoms. The summed E-state index contributed by atoms with van der Waals surface area (Å²) in [5.41, 5.74) is 0. The van der Waals surface area contributed by atoms with Crippen LogP contribution in [0.1, 0.15) is 149 Å². The zero-order chi connectivity index (χ0) is 45.6. The first-order valence-electron chi connectivity index (χ1n) is 23.6. The van der Waals surface area contributed by atoms with Crippen molar-refractivity contribution in [1.82, 2.24) is 0 Å². The third kappa shape index (κ3) is 41.1. The summed E-state index contributed by atoms with van der Waals surface area (Å²) in [4.78, 5) is 36.9. The smallest absolute Gasteiger partial charge is 0.306 e. The maximum Gasteiger partial charge on any atom is 0.306 e. The van der Waals surface area contributed by atoms with Gasteiger partial charge >= 0.3 is 11.9 Å². The van der Waals surface area contributed by atoms with Gasteiger partial charge in [-0.2, -0.15) is 0 Å². The number of carboxylic acids is 1. The number of carboxylic acid groups (broad SMARTS) is 1. The maximum atomic E-state index is 12.7. The first kappa shape index (κ1) is 57.7. The summed E-state index contributed by atoms with van der Waals surface area (Å²) in [6, 6.07) is -0.749. The van der Waals surface area contributed by atoms with E-state index in [0.29, 0.717) is 12.8 Å². The summed E-state index contributed by atoms with van der Waals surface area (Å²) in [5, 5.41) is 11.6. The lowest BCUT2D eigenvalue weighted by Crippen LogP contribution is -2.55. The SMILES string of the molecule is CC/C=C/C/C=C/C/C=C/C/C=C/C/C=C/CCCCCCCCC(=O)OCC(COCCC(C(=O)[O-])[N+](C)(C)C)OC(=O)CC/C=C/C/C=C/C/C=C/C/C=C/C/C=C/CC. The molecule has 0 saturated heterocycles. The quantitative estimate of drug-likeness (QED) is 0.0262. The number of hydrogen-bond donors (Lipinski definition) is 0. The van der Waals surface area contributed by atoms with Crippen molar-refractivity contribution in [3.63, 3.8) is 0 Å². The van der Waals surface area contributed by atoms with Crippen molar-refractivity contribution in [3.8, 4) is 0 Å². The topological polar surface area (TPSA) is 102 Å². The molecule has 0 aromatic carbocycles. The van der Waals surface area contributed by atoms with Gasteiger partial charge in [-0.15, -0.1) is 0 Å². The maximum absolute atomic E-state index is 12.7. The van der Waals surface area contributed by atoms with Crippen molar-refractivity contribution in [3.05, 3.63) is 122 Å². The van der Waals surface area contributed by atoms with E-state index < -0.39 is 24.1 Å². The second kappa shape index (κ2) is 43.4. The summed E-state index contributed by atoms with van der Waals surface area (Å²) in [6.45, 7) is 4.31. The Hall–Kier alpha value is -4.27. The fourth-order valence-electron chi connectivity index (χ4n) is 6.03. The van der Waals surface area contributed by atoms with Gasteiger partial charge in [0.15, 0.2) is 6.10 Å². The van der Waals surface area contributed by atoms with Crippen molar-refractivity contribution in [2.75, 3.05) is 41.0 Å². The minimum absolute atomic E-state index is 0.00276. The molecule has 0 amide bonds. The number of rotatable bonds is 40. The average molecular weight is 860 g/mol. The van der Waals surface area contributed by atoms with Crippen molar-refractivity contribution in [2.24, 2.45) is 0 Å². The Bertz CT molecular complexity index is 1420. The van der Waals surface area contributed by atoms with Crippen LogP contribution in [0.5, 0.6) is 0 Å². The molecule has 2 atom stereocenters. The number of carbonyl (C=O) groups is 3. The molecule has 2 unspecified atom stereocenters. The number of unbranched alkanes of at least 4 members (excludes halogenated alkanes) is 6. The molecule has 8 heteroatoms. The molecule has 8 nitrogen and oxygen atoms in total. The monoisotopic (exact) mass is 860 g/mol. The Labute approximate surface area is 378 Å². The first-order chi connectivity index (χ1) is 30.1. The zero-order valence-electron chi connectivity index (χ0n) is 39.5. The molecule has 0 radical (unpaired) electrons. The number of allylic oxidation sites excluding steroid dienone is 20. The molecule has 0 fully saturated rings. The van der Waals surface area contributed by atoms with Gasteiger partial charge in [0.1, 0.15) is 12.6 Å². The van der Waals surface area contributed by atoms with Crippen LogP contribution in [0.25, 0.3) is 0 Å². The highest BCUT2D eigenvalue weighted by Gasteiger charge is 2.25. The van der Waals surface area contributed by atoms with Crippen LogP contribution in [0.4, 0.5) is 0 Å². The van der Waals surface area contributed by atoms with Crippen LogP contribution in [0, 0.1) is 0 Å². The van der Waals surface area contributed by atoms with Crippen LogP contribution in [0.3, 0.4) is 0 Å². The molecule has 348 valence electrons. The van der Waals surface area contributed by atoms with Gasteiger partial charge in [0.25, 0.3) is 0 Å². The second-order valence-corrected chi connectivity index (χ2v) is 16.2. The first-order valence-corrected chi connectivity index (χ1v) is 23.6. The van der Waals surface area contributed by atoms with Crippen LogP contribution < -0.4 is 5.11 Å². The van der Waals surface area contributed by atoms with Crippen molar-refractivity contribution < 1.29 is 38.2 Å². The third-order valence-corrected chi connectivity index (χ3v) is 9.61. The molecule has 0 N–H and O–H groups in total. The molecular formula is C54H85NO7. The van der Waals surface area contributed by atoms with Crippen molar-refractivity contribution >= 4 is 17.9 Å². The number of aliphatic carboxylic acids is 1. The van der Waals surface area contributed by atoms with E-state index in [1.807, 2.05) is 12.2 Å². The highest BCUT2D eigenvalue weighted by atomic mass is 16.6. The zero-order valence-corrected chi connectivity index (χ0v) is 39.5. The fraction of sp³-hybridized carbons (Fsp3) is 0.574. The molecular weight excluding hydrogens is 775 g/mol. The van der Waals surface area contributed by atoms with E-state index in [4.69, 9.17) is 14.2 Å². The Morgan fingerprint density at radius 1 is 0.484 bits per heavy atom. The molecule has 0 aliphatic rings. The van der Waals surface area contributed by atoms with Crippen LogP contribution in [-0.4, -0.2) is 75.5 Å². The summed E-state index contributed by atoms with van der Waals surface area (Å²) in [5.74, 6) is -1.88. The van der Waals surface area contributed by atoms with E-state index in [1.165, 1.54) is 12.8 Å². The predicted octanol–water partition coefficient (Wildman–Crippen LogP) is 12.1. The van der Waals surface area contributed by atoms with Gasteiger partial charge in [0.05, 0.1) is 40.3 Å². The van der Waals surface area contributed by atoms with Gasteiger partial charge < -0.3 is 28.6 Å². The summed E-state index contributed by atoms with van der Waals surface area (Å²) in [6.07, 6.45) is 61.0. The fourth-order valence-corrected chi connectivity index (χ4v) is 6.03. The van der Waals surface area contributed by atoms with Gasteiger partial charge in [-0.25, -0.2) is 0 Å². The summed E-state index contributed by atoms with van der Waals surface area (Å²) < 4.78 is 17.1. The molecule has 0 saturated carbocycles. The number of esters is 2. The van der Waals surface area contributed by atoms with Crippen molar-refractivity contribution in [2.45, 2.75) is 161 Å². The summed E-state index contributed by atoms with van der Waals surface area (Å²) in [7, 11) is 5.36. The van der Waals surface area contributed by atoms with Gasteiger partial charge in [0, 0.05) is 19.3 Å². The van der Waals surface area contributed by atoms with E-state index >= 15 is 0 Å². The second-order valence-electron chi connectivity index (χ2n) is 16.2. The molecule has 0 heterocycles. The molecule has 0 rings (SSSR count). The molecule has 0 aliphatic carbocycles. The number of hydrogen-bond acceptors (Lipinski definition) is 7. The lowest BCUT2D eigenvalue weighted by atomic mass is 10.1. The number of nitrogens with zero attached hydrogens (tertiary/aromatic N) is 1. The Morgan fingerprint density at radius 3 is 1.32 bits per heavy atom. The van der Waals surface area contributed by atoms with Crippen LogP contribution in [0.2, 0.25) is 0 Å². The Balaban J connectivity index is 4.44. The van der Waals surface area contributed by atoms with Gasteiger partial charge in [-0.05, 0) is 89.9 Å². The molecule has 0 aromatic heterocycles. The van der Waals surface area contributed by atoms with E-state index in [2.05, 4.69) is 123 Å². The minimum atomic E-state index is -1.14. The van der Waals surface area contributed by atoms with Gasteiger partial charge in [-0.1, -0.05) is 161 Å². The number of carbonyl (C=O) groups excluding carboxylic acids is 3. The van der Waals surface area contributed by atoms with E-state index in [9.17, 15) is 19.5 Å². The number of ether oxygens (including phenoxy) is 3. The number of quaternary nitrogens is 1. The van der Waals surface area contributed by atoms with E-state index in [1.54, 1.807) is 21.1 Å². The summed E-state index contributed by atoms with van der Waals surface area (Å²) >= 11 is 0. The Kier molecular flexibility index (Phi) is 40.4. The van der Waals surface area contributed by atoms with Crippen LogP contribution in [-0.2, 0) is 28.6 Å².